The molecule has 2 aromatic carbocycles. The lowest BCUT2D eigenvalue weighted by Gasteiger charge is -2.20. The van der Waals surface area contributed by atoms with Crippen molar-refractivity contribution in [3.05, 3.63) is 86.8 Å². The van der Waals surface area contributed by atoms with Crippen molar-refractivity contribution in [2.75, 3.05) is 18.6 Å². The average Bonchev–Trinajstić information content (AvgIpc) is 3.16. The second kappa shape index (κ2) is 10.7. The quantitative estimate of drug-likeness (QED) is 0.449. The zero-order chi connectivity index (χ0) is 27.7. The molecule has 1 N–H and O–H groups in total. The van der Waals surface area contributed by atoms with E-state index >= 15 is 8.78 Å². The van der Waals surface area contributed by atoms with Crippen LogP contribution in [-0.4, -0.2) is 42.7 Å². The molecule has 13 heteroatoms. The Bertz CT molecular complexity index is 1420. The van der Waals surface area contributed by atoms with E-state index < -0.39 is 53.1 Å². The van der Waals surface area contributed by atoms with E-state index in [1.54, 1.807) is 0 Å². The van der Waals surface area contributed by atoms with Gasteiger partial charge in [0.2, 0.25) is 5.91 Å². The van der Waals surface area contributed by atoms with E-state index in [1.165, 1.54) is 43.1 Å². The number of carbonyl (C=O) groups is 2. The molecule has 1 aliphatic rings. The molecule has 2 amide bonds. The van der Waals surface area contributed by atoms with Crippen LogP contribution in [0.15, 0.2) is 53.5 Å². The largest absolute Gasteiger partial charge is 0.497 e. The fraction of sp³-hybridized carbons (Fsp3) is 0.240. The third kappa shape index (κ3) is 5.17. The fourth-order valence-corrected chi connectivity index (χ4v) is 4.48. The average molecular weight is 554 g/mol. The summed E-state index contributed by atoms with van der Waals surface area (Å²) in [6, 6.07) is 6.33. The lowest BCUT2D eigenvalue weighted by Crippen LogP contribution is -2.44. The van der Waals surface area contributed by atoms with Crippen molar-refractivity contribution in [3.63, 3.8) is 0 Å². The number of nitrogens with one attached hydrogen (secondary N) is 1. The number of hydrogen-bond acceptors (Lipinski definition) is 5. The van der Waals surface area contributed by atoms with Gasteiger partial charge < -0.3 is 24.3 Å². The molecule has 0 spiro atoms. The highest BCUT2D eigenvalue weighted by atomic mass is 35.5. The number of halogens is 5. The molecule has 2 atom stereocenters. The highest BCUT2D eigenvalue weighted by Crippen LogP contribution is 2.37. The minimum atomic E-state index is -3.07. The van der Waals surface area contributed by atoms with Crippen molar-refractivity contribution in [1.29, 1.82) is 0 Å². The summed E-state index contributed by atoms with van der Waals surface area (Å²) in [6.07, 6.45) is 1.38. The number of nitrogens with zero attached hydrogens (tertiary/aromatic N) is 2. The number of aromatic nitrogens is 1. The summed E-state index contributed by atoms with van der Waals surface area (Å²) in [5.41, 5.74) is -1.40. The second-order valence-corrected chi connectivity index (χ2v) is 8.75. The Balaban J connectivity index is 1.74. The van der Waals surface area contributed by atoms with Crippen LogP contribution >= 0.6 is 11.6 Å². The standard InChI is InChI=1S/C25H20ClF4N3O5/c1-32-8-7-16(26)21(24(32)36)33-11-15(19-17(27)9-14(37-2)10-18(19)28)20(23(33)35)31-22(34)12-3-5-13(6-4-12)38-25(29)30/h3-10,15,20,25H,11H2,1-2H3,(H,31,34)/t15-,20?/m0/s1. The maximum absolute atomic E-state index is 15.1. The van der Waals surface area contributed by atoms with Crippen LogP contribution < -0.4 is 25.2 Å². The highest BCUT2D eigenvalue weighted by Gasteiger charge is 2.46. The number of alkyl halides is 2. The number of anilines is 1. The van der Waals surface area contributed by atoms with Crippen LogP contribution in [0.5, 0.6) is 11.5 Å². The smallest absolute Gasteiger partial charge is 0.387 e. The Morgan fingerprint density at radius 3 is 2.29 bits per heavy atom. The predicted molar refractivity (Wildman–Crippen MR) is 129 cm³/mol. The molecule has 1 aromatic heterocycles. The van der Waals surface area contributed by atoms with Crippen LogP contribution in [0.4, 0.5) is 23.2 Å². The van der Waals surface area contributed by atoms with Gasteiger partial charge in [0.1, 0.15) is 34.9 Å². The Morgan fingerprint density at radius 1 is 1.08 bits per heavy atom. The molecule has 38 heavy (non-hydrogen) atoms. The maximum Gasteiger partial charge on any atom is 0.387 e. The van der Waals surface area contributed by atoms with Gasteiger partial charge in [-0.1, -0.05) is 11.6 Å². The molecule has 3 aromatic rings. The van der Waals surface area contributed by atoms with Crippen LogP contribution in [0.1, 0.15) is 21.8 Å². The summed E-state index contributed by atoms with van der Waals surface area (Å²) < 4.78 is 65.3. The van der Waals surface area contributed by atoms with Crippen molar-refractivity contribution in [2.24, 2.45) is 7.05 Å². The summed E-state index contributed by atoms with van der Waals surface area (Å²) in [7, 11) is 2.66. The van der Waals surface area contributed by atoms with E-state index in [1.807, 2.05) is 0 Å². The van der Waals surface area contributed by atoms with Gasteiger partial charge in [0, 0.05) is 49.0 Å². The van der Waals surface area contributed by atoms with Gasteiger partial charge in [-0.3, -0.25) is 14.4 Å². The molecule has 1 fully saturated rings. The van der Waals surface area contributed by atoms with Gasteiger partial charge in [0.15, 0.2) is 0 Å². The van der Waals surface area contributed by atoms with E-state index in [2.05, 4.69) is 10.1 Å². The number of rotatable bonds is 7. The Kier molecular flexibility index (Phi) is 7.63. The van der Waals surface area contributed by atoms with E-state index in [9.17, 15) is 23.2 Å². The van der Waals surface area contributed by atoms with Crippen LogP contribution in [0.2, 0.25) is 5.02 Å². The molecule has 0 radical (unpaired) electrons. The number of carbonyl (C=O) groups excluding carboxylic acids is 2. The summed E-state index contributed by atoms with van der Waals surface area (Å²) in [4.78, 5) is 40.3. The first-order chi connectivity index (χ1) is 18.0. The molecule has 1 saturated heterocycles. The SMILES string of the molecule is COc1cc(F)c([C@@H]2CN(c3c(Cl)ccn(C)c3=O)C(=O)C2NC(=O)c2ccc(OC(F)F)cc2)c(F)c1. The van der Waals surface area contributed by atoms with Crippen molar-refractivity contribution >= 4 is 29.1 Å². The Morgan fingerprint density at radius 2 is 1.71 bits per heavy atom. The number of benzene rings is 2. The Hall–Kier alpha value is -4.06. The summed E-state index contributed by atoms with van der Waals surface area (Å²) in [5, 5.41) is 2.38. The van der Waals surface area contributed by atoms with Gasteiger partial charge in [-0.2, -0.15) is 8.78 Å². The van der Waals surface area contributed by atoms with Crippen molar-refractivity contribution in [1.82, 2.24) is 9.88 Å². The molecule has 4 rings (SSSR count). The van der Waals surface area contributed by atoms with E-state index in [-0.39, 0.29) is 34.3 Å². The topological polar surface area (TPSA) is 89.9 Å². The highest BCUT2D eigenvalue weighted by molar-refractivity contribution is 6.33. The monoisotopic (exact) mass is 553 g/mol. The third-order valence-corrected chi connectivity index (χ3v) is 6.37. The third-order valence-electron chi connectivity index (χ3n) is 6.06. The molecule has 0 bridgehead atoms. The van der Waals surface area contributed by atoms with Gasteiger partial charge in [0.05, 0.1) is 12.1 Å². The second-order valence-electron chi connectivity index (χ2n) is 8.34. The number of methoxy groups -OCH3 is 1. The lowest BCUT2D eigenvalue weighted by atomic mass is 9.92. The minimum absolute atomic E-state index is 0.0408. The fourth-order valence-electron chi connectivity index (χ4n) is 4.24. The van der Waals surface area contributed by atoms with Crippen LogP contribution in [0.3, 0.4) is 0 Å². The minimum Gasteiger partial charge on any atom is -0.497 e. The predicted octanol–water partition coefficient (Wildman–Crippen LogP) is 3.86. The van der Waals surface area contributed by atoms with Crippen molar-refractivity contribution < 1.29 is 36.6 Å². The number of ether oxygens (including phenoxy) is 2. The number of hydrogen-bond donors (Lipinski definition) is 1. The van der Waals surface area contributed by atoms with Crippen LogP contribution in [0, 0.1) is 11.6 Å². The molecule has 8 nitrogen and oxygen atoms in total. The normalized spacial score (nSPS) is 17.2. The zero-order valence-electron chi connectivity index (χ0n) is 19.9. The van der Waals surface area contributed by atoms with Gasteiger partial charge in [-0.05, 0) is 30.3 Å². The number of pyridine rings is 1. The number of aryl methyl sites for hydroxylation is 1. The van der Waals surface area contributed by atoms with Gasteiger partial charge in [-0.15, -0.1) is 0 Å². The molecular formula is C25H20ClF4N3O5. The molecule has 0 aliphatic carbocycles. The van der Waals surface area contributed by atoms with Crippen molar-refractivity contribution in [3.8, 4) is 11.5 Å². The number of amides is 2. The summed E-state index contributed by atoms with van der Waals surface area (Å²) in [6.45, 7) is -3.45. The Labute approximate surface area is 218 Å². The first-order valence-electron chi connectivity index (χ1n) is 11.1. The van der Waals surface area contributed by atoms with E-state index in [4.69, 9.17) is 16.3 Å². The van der Waals surface area contributed by atoms with E-state index in [0.29, 0.717) is 0 Å². The van der Waals surface area contributed by atoms with Crippen LogP contribution in [-0.2, 0) is 11.8 Å². The zero-order valence-corrected chi connectivity index (χ0v) is 20.6. The lowest BCUT2D eigenvalue weighted by molar-refractivity contribution is -0.118. The summed E-state index contributed by atoms with van der Waals surface area (Å²) >= 11 is 6.22. The molecule has 2 heterocycles. The van der Waals surface area contributed by atoms with Gasteiger partial charge in [-0.25, -0.2) is 8.78 Å². The van der Waals surface area contributed by atoms with E-state index in [0.717, 1.165) is 29.2 Å². The molecule has 1 unspecified atom stereocenters. The molecular weight excluding hydrogens is 534 g/mol. The summed E-state index contributed by atoms with van der Waals surface area (Å²) in [5.74, 6) is -5.30. The molecule has 1 aliphatic heterocycles. The van der Waals surface area contributed by atoms with Crippen LogP contribution in [0.25, 0.3) is 0 Å². The first-order valence-corrected chi connectivity index (χ1v) is 11.4. The van der Waals surface area contributed by atoms with Gasteiger partial charge >= 0.3 is 6.61 Å². The van der Waals surface area contributed by atoms with Gasteiger partial charge in [0.25, 0.3) is 11.5 Å². The van der Waals surface area contributed by atoms with Crippen molar-refractivity contribution in [2.45, 2.75) is 18.6 Å². The molecule has 200 valence electrons. The maximum atomic E-state index is 15.1. The molecule has 0 saturated carbocycles. The first kappa shape index (κ1) is 27.0.